The Hall–Kier alpha value is -0.610. The van der Waals surface area contributed by atoms with Gasteiger partial charge in [0.05, 0.1) is 12.1 Å². The van der Waals surface area contributed by atoms with Gasteiger partial charge in [-0.15, -0.1) is 0 Å². The van der Waals surface area contributed by atoms with Crippen LogP contribution in [0.4, 0.5) is 0 Å². The number of aliphatic hydroxyl groups is 1. The Labute approximate surface area is 110 Å². The molecule has 2 saturated carbocycles. The fourth-order valence-electron chi connectivity index (χ4n) is 3.36. The Morgan fingerprint density at radius 3 is 2.33 bits per heavy atom. The van der Waals surface area contributed by atoms with Crippen LogP contribution in [0.2, 0.25) is 0 Å². The number of likely N-dealkylation sites (N-methyl/N-ethyl adjacent to an activating group) is 1. The summed E-state index contributed by atoms with van der Waals surface area (Å²) in [6, 6.07) is 0.307. The molecule has 0 aromatic carbocycles. The summed E-state index contributed by atoms with van der Waals surface area (Å²) in [6.45, 7) is 0. The van der Waals surface area contributed by atoms with E-state index in [1.165, 1.54) is 0 Å². The van der Waals surface area contributed by atoms with Crippen molar-refractivity contribution in [1.82, 2.24) is 4.90 Å². The highest BCUT2D eigenvalue weighted by atomic mass is 16.3. The summed E-state index contributed by atoms with van der Waals surface area (Å²) in [6.07, 6.45) is 7.37. The lowest BCUT2D eigenvalue weighted by Gasteiger charge is -2.38. The maximum atomic E-state index is 12.4. The van der Waals surface area contributed by atoms with Crippen LogP contribution >= 0.6 is 0 Å². The van der Waals surface area contributed by atoms with Crippen molar-refractivity contribution in [1.29, 1.82) is 0 Å². The molecule has 0 heterocycles. The lowest BCUT2D eigenvalue weighted by molar-refractivity contribution is -0.140. The van der Waals surface area contributed by atoms with Gasteiger partial charge in [0.1, 0.15) is 0 Å². The molecule has 2 aliphatic carbocycles. The minimum absolute atomic E-state index is 0.0295. The van der Waals surface area contributed by atoms with Crippen LogP contribution in [0.5, 0.6) is 0 Å². The van der Waals surface area contributed by atoms with E-state index in [-0.39, 0.29) is 30.0 Å². The van der Waals surface area contributed by atoms with Gasteiger partial charge in [0.15, 0.2) is 0 Å². The molecule has 2 fully saturated rings. The first-order chi connectivity index (χ1) is 8.59. The van der Waals surface area contributed by atoms with E-state index in [1.807, 2.05) is 11.9 Å². The Morgan fingerprint density at radius 2 is 1.72 bits per heavy atom. The number of aliphatic hydroxyl groups excluding tert-OH is 1. The number of nitrogens with two attached hydrogens (primary N) is 1. The van der Waals surface area contributed by atoms with Crippen molar-refractivity contribution in [2.24, 2.45) is 11.7 Å². The van der Waals surface area contributed by atoms with Crippen molar-refractivity contribution in [2.75, 3.05) is 7.05 Å². The maximum absolute atomic E-state index is 12.4. The molecule has 0 aromatic rings. The van der Waals surface area contributed by atoms with E-state index in [0.29, 0.717) is 0 Å². The van der Waals surface area contributed by atoms with Crippen LogP contribution in [-0.4, -0.2) is 41.1 Å². The molecule has 4 heteroatoms. The van der Waals surface area contributed by atoms with Gasteiger partial charge in [0.25, 0.3) is 0 Å². The van der Waals surface area contributed by atoms with E-state index in [1.54, 1.807) is 0 Å². The van der Waals surface area contributed by atoms with E-state index in [4.69, 9.17) is 5.73 Å². The lowest BCUT2D eigenvalue weighted by atomic mass is 9.84. The monoisotopic (exact) mass is 254 g/mol. The molecule has 0 radical (unpaired) electrons. The molecule has 2 atom stereocenters. The maximum Gasteiger partial charge on any atom is 0.225 e. The van der Waals surface area contributed by atoms with Gasteiger partial charge < -0.3 is 15.7 Å². The predicted octanol–water partition coefficient (Wildman–Crippen LogP) is 1.27. The highest BCUT2D eigenvalue weighted by Gasteiger charge is 2.33. The number of carbonyl (C=O) groups is 1. The minimum atomic E-state index is -0.335. The molecule has 18 heavy (non-hydrogen) atoms. The fraction of sp³-hybridized carbons (Fsp3) is 0.929. The SMILES string of the molecule is CN(C(=O)C1CCC(N)CC1)C1CCCCC1O. The Morgan fingerprint density at radius 1 is 1.11 bits per heavy atom. The summed E-state index contributed by atoms with van der Waals surface area (Å²) in [5, 5.41) is 10.0. The Bertz CT molecular complexity index is 288. The van der Waals surface area contributed by atoms with Crippen molar-refractivity contribution in [3.05, 3.63) is 0 Å². The van der Waals surface area contributed by atoms with Crippen molar-refractivity contribution < 1.29 is 9.90 Å². The van der Waals surface area contributed by atoms with Crippen LogP contribution in [0.15, 0.2) is 0 Å². The van der Waals surface area contributed by atoms with Crippen LogP contribution in [0.1, 0.15) is 51.4 Å². The summed E-state index contributed by atoms with van der Waals surface area (Å²) < 4.78 is 0. The largest absolute Gasteiger partial charge is 0.391 e. The Balaban J connectivity index is 1.91. The fourth-order valence-corrected chi connectivity index (χ4v) is 3.36. The van der Waals surface area contributed by atoms with Gasteiger partial charge in [-0.3, -0.25) is 4.79 Å². The van der Waals surface area contributed by atoms with E-state index in [0.717, 1.165) is 51.4 Å². The first-order valence-corrected chi connectivity index (χ1v) is 7.30. The molecular formula is C14H26N2O2. The van der Waals surface area contributed by atoms with Crippen LogP contribution < -0.4 is 5.73 Å². The molecule has 0 aromatic heterocycles. The second kappa shape index (κ2) is 6.02. The molecule has 2 rings (SSSR count). The predicted molar refractivity (Wildman–Crippen MR) is 71.0 cm³/mol. The summed E-state index contributed by atoms with van der Waals surface area (Å²) in [5.74, 6) is 0.344. The van der Waals surface area contributed by atoms with E-state index in [2.05, 4.69) is 0 Å². The molecule has 4 nitrogen and oxygen atoms in total. The van der Waals surface area contributed by atoms with E-state index < -0.39 is 0 Å². The first kappa shape index (κ1) is 13.8. The lowest BCUT2D eigenvalue weighted by Crippen LogP contribution is -2.49. The van der Waals surface area contributed by atoms with E-state index in [9.17, 15) is 9.90 Å². The third-order valence-electron chi connectivity index (χ3n) is 4.66. The van der Waals surface area contributed by atoms with Crippen LogP contribution in [0.3, 0.4) is 0 Å². The van der Waals surface area contributed by atoms with Crippen molar-refractivity contribution in [3.63, 3.8) is 0 Å². The zero-order valence-corrected chi connectivity index (χ0v) is 11.3. The first-order valence-electron chi connectivity index (χ1n) is 7.30. The molecule has 3 N–H and O–H groups in total. The van der Waals surface area contributed by atoms with Crippen LogP contribution in [0, 0.1) is 5.92 Å². The minimum Gasteiger partial charge on any atom is -0.391 e. The quantitative estimate of drug-likeness (QED) is 0.780. The standard InChI is InChI=1S/C14H26N2O2/c1-16(12-4-2-3-5-13(12)17)14(18)10-6-8-11(15)9-7-10/h10-13,17H,2-9,15H2,1H3. The normalized spacial score (nSPS) is 37.3. The van der Waals surface area contributed by atoms with Gasteiger partial charge in [0.2, 0.25) is 5.91 Å². The Kier molecular flexibility index (Phi) is 4.62. The summed E-state index contributed by atoms with van der Waals surface area (Å²) >= 11 is 0. The molecule has 0 bridgehead atoms. The summed E-state index contributed by atoms with van der Waals surface area (Å²) in [7, 11) is 1.86. The number of nitrogens with zero attached hydrogens (tertiary/aromatic N) is 1. The molecule has 1 amide bonds. The highest BCUT2D eigenvalue weighted by molar-refractivity contribution is 5.79. The smallest absolute Gasteiger partial charge is 0.225 e. The third kappa shape index (κ3) is 3.04. The molecule has 0 aliphatic heterocycles. The number of rotatable bonds is 2. The molecule has 104 valence electrons. The van der Waals surface area contributed by atoms with Crippen LogP contribution in [-0.2, 0) is 4.79 Å². The topological polar surface area (TPSA) is 66.6 Å². The number of carbonyl (C=O) groups excluding carboxylic acids is 1. The zero-order chi connectivity index (χ0) is 13.1. The second-order valence-corrected chi connectivity index (χ2v) is 5.98. The van der Waals surface area contributed by atoms with Crippen molar-refractivity contribution >= 4 is 5.91 Å². The summed E-state index contributed by atoms with van der Waals surface area (Å²) in [5.41, 5.74) is 5.87. The number of hydrogen-bond acceptors (Lipinski definition) is 3. The molecule has 0 saturated heterocycles. The zero-order valence-electron chi connectivity index (χ0n) is 11.3. The van der Waals surface area contributed by atoms with Crippen LogP contribution in [0.25, 0.3) is 0 Å². The molecule has 2 aliphatic rings. The highest BCUT2D eigenvalue weighted by Crippen LogP contribution is 2.28. The van der Waals surface area contributed by atoms with Gasteiger partial charge >= 0.3 is 0 Å². The second-order valence-electron chi connectivity index (χ2n) is 5.98. The average Bonchev–Trinajstić information content (AvgIpc) is 2.38. The van der Waals surface area contributed by atoms with Gasteiger partial charge in [0, 0.05) is 19.0 Å². The average molecular weight is 254 g/mol. The molecule has 0 spiro atoms. The van der Waals surface area contributed by atoms with Crippen molar-refractivity contribution in [3.8, 4) is 0 Å². The van der Waals surface area contributed by atoms with Gasteiger partial charge in [-0.05, 0) is 38.5 Å². The number of hydrogen-bond donors (Lipinski definition) is 2. The summed E-state index contributed by atoms with van der Waals surface area (Å²) in [4.78, 5) is 14.2. The molecular weight excluding hydrogens is 228 g/mol. The molecule has 2 unspecified atom stereocenters. The van der Waals surface area contributed by atoms with Gasteiger partial charge in [-0.1, -0.05) is 12.8 Å². The van der Waals surface area contributed by atoms with E-state index >= 15 is 0 Å². The third-order valence-corrected chi connectivity index (χ3v) is 4.66. The van der Waals surface area contributed by atoms with Gasteiger partial charge in [-0.25, -0.2) is 0 Å². The number of amides is 1. The van der Waals surface area contributed by atoms with Crippen molar-refractivity contribution in [2.45, 2.75) is 69.6 Å². The van der Waals surface area contributed by atoms with Gasteiger partial charge in [-0.2, -0.15) is 0 Å².